The second kappa shape index (κ2) is 7.40. The molecule has 6 nitrogen and oxygen atoms in total. The number of nitrogens with one attached hydrogen (secondary N) is 1. The number of nitrogens with zero attached hydrogens (tertiary/aromatic N) is 2. The van der Waals surface area contributed by atoms with E-state index in [2.05, 4.69) is 10.3 Å². The van der Waals surface area contributed by atoms with E-state index in [9.17, 15) is 14.7 Å². The van der Waals surface area contributed by atoms with Crippen LogP contribution in [0.2, 0.25) is 5.02 Å². The smallest absolute Gasteiger partial charge is 0.267 e. The minimum atomic E-state index is -0.710. The summed E-state index contributed by atoms with van der Waals surface area (Å²) in [5, 5.41) is 14.0. The monoisotopic (exact) mass is 385 g/mol. The first-order chi connectivity index (χ1) is 12.8. The zero-order valence-electron chi connectivity index (χ0n) is 15.3. The van der Waals surface area contributed by atoms with Gasteiger partial charge in [0.05, 0.1) is 5.52 Å². The van der Waals surface area contributed by atoms with Crippen LogP contribution in [0.15, 0.2) is 41.3 Å². The third-order valence-electron chi connectivity index (χ3n) is 4.22. The summed E-state index contributed by atoms with van der Waals surface area (Å²) in [5.74, 6) is -0.592. The van der Waals surface area contributed by atoms with Gasteiger partial charge in [-0.2, -0.15) is 0 Å². The first kappa shape index (κ1) is 18.9. The molecule has 27 heavy (non-hydrogen) atoms. The molecular weight excluding hydrogens is 366 g/mol. The van der Waals surface area contributed by atoms with Gasteiger partial charge in [-0.1, -0.05) is 31.5 Å². The van der Waals surface area contributed by atoms with Crippen molar-refractivity contribution in [2.75, 3.05) is 5.32 Å². The van der Waals surface area contributed by atoms with Gasteiger partial charge in [0.15, 0.2) is 0 Å². The zero-order chi connectivity index (χ0) is 19.7. The summed E-state index contributed by atoms with van der Waals surface area (Å²) in [4.78, 5) is 30.0. The highest BCUT2D eigenvalue weighted by Gasteiger charge is 2.23. The average molecular weight is 386 g/mol. The minimum absolute atomic E-state index is 0.167. The maximum Gasteiger partial charge on any atom is 0.267 e. The van der Waals surface area contributed by atoms with Crippen molar-refractivity contribution in [1.82, 2.24) is 9.55 Å². The van der Waals surface area contributed by atoms with Crippen molar-refractivity contribution in [2.45, 2.75) is 27.3 Å². The van der Waals surface area contributed by atoms with Gasteiger partial charge in [-0.3, -0.25) is 9.59 Å². The molecule has 0 unspecified atom stereocenters. The van der Waals surface area contributed by atoms with Gasteiger partial charge in [0, 0.05) is 23.2 Å². The Labute approximate surface area is 161 Å². The highest BCUT2D eigenvalue weighted by atomic mass is 35.5. The Kier molecular flexibility index (Phi) is 5.19. The van der Waals surface area contributed by atoms with E-state index in [0.29, 0.717) is 28.3 Å². The SMILES string of the molecule is Cc1cccnc1NC(=O)c1c(O)c2cc(Cl)ccc2n(CC(C)C)c1=O. The third kappa shape index (κ3) is 3.66. The molecule has 3 aromatic rings. The lowest BCUT2D eigenvalue weighted by molar-refractivity contribution is 0.102. The van der Waals surface area contributed by atoms with E-state index in [1.807, 2.05) is 13.8 Å². The summed E-state index contributed by atoms with van der Waals surface area (Å²) in [7, 11) is 0. The van der Waals surface area contributed by atoms with Gasteiger partial charge < -0.3 is 15.0 Å². The molecule has 0 radical (unpaired) electrons. The van der Waals surface area contributed by atoms with Crippen LogP contribution in [0, 0.1) is 12.8 Å². The molecule has 0 aliphatic heterocycles. The standard InChI is InChI=1S/C20H20ClN3O3/c1-11(2)10-24-15-7-6-13(21)9-14(15)17(25)16(20(24)27)19(26)23-18-12(3)5-4-8-22-18/h4-9,11,25H,10H2,1-3H3,(H,22,23,26). The van der Waals surface area contributed by atoms with Crippen LogP contribution in [0.4, 0.5) is 5.82 Å². The highest BCUT2D eigenvalue weighted by molar-refractivity contribution is 6.31. The van der Waals surface area contributed by atoms with Gasteiger partial charge in [0.2, 0.25) is 0 Å². The maximum atomic E-state index is 13.0. The Morgan fingerprint density at radius 1 is 1.33 bits per heavy atom. The lowest BCUT2D eigenvalue weighted by Gasteiger charge is -2.17. The summed E-state index contributed by atoms with van der Waals surface area (Å²) < 4.78 is 1.50. The van der Waals surface area contributed by atoms with Crippen LogP contribution >= 0.6 is 11.6 Å². The van der Waals surface area contributed by atoms with Crippen LogP contribution in [0.5, 0.6) is 5.75 Å². The van der Waals surface area contributed by atoms with Crippen LogP contribution in [0.1, 0.15) is 29.8 Å². The van der Waals surface area contributed by atoms with Crippen LogP contribution in [0.25, 0.3) is 10.9 Å². The molecule has 1 amide bonds. The van der Waals surface area contributed by atoms with E-state index >= 15 is 0 Å². The van der Waals surface area contributed by atoms with E-state index < -0.39 is 11.5 Å². The Bertz CT molecular complexity index is 1090. The highest BCUT2D eigenvalue weighted by Crippen LogP contribution is 2.30. The van der Waals surface area contributed by atoms with E-state index in [1.54, 1.807) is 43.5 Å². The van der Waals surface area contributed by atoms with E-state index in [0.717, 1.165) is 5.56 Å². The quantitative estimate of drug-likeness (QED) is 0.711. The number of hydrogen-bond acceptors (Lipinski definition) is 4. The van der Waals surface area contributed by atoms with Gasteiger partial charge >= 0.3 is 0 Å². The van der Waals surface area contributed by atoms with Crippen LogP contribution < -0.4 is 10.9 Å². The van der Waals surface area contributed by atoms with Crippen LogP contribution in [-0.2, 0) is 6.54 Å². The zero-order valence-corrected chi connectivity index (χ0v) is 16.0. The van der Waals surface area contributed by atoms with E-state index in [1.165, 1.54) is 4.57 Å². The number of pyridine rings is 2. The van der Waals surface area contributed by atoms with Crippen molar-refractivity contribution in [2.24, 2.45) is 5.92 Å². The summed E-state index contributed by atoms with van der Waals surface area (Å²) in [6.45, 7) is 6.13. The molecule has 2 heterocycles. The molecule has 2 aromatic heterocycles. The number of carbonyl (C=O) groups excluding carboxylic acids is 1. The van der Waals surface area contributed by atoms with Crippen molar-refractivity contribution in [3.05, 3.63) is 63.0 Å². The Morgan fingerprint density at radius 3 is 2.74 bits per heavy atom. The average Bonchev–Trinajstić information content (AvgIpc) is 2.60. The van der Waals surface area contributed by atoms with Crippen molar-refractivity contribution < 1.29 is 9.90 Å². The molecule has 3 rings (SSSR count). The number of halogens is 1. The van der Waals surface area contributed by atoms with E-state index in [4.69, 9.17) is 11.6 Å². The fraction of sp³-hybridized carbons (Fsp3) is 0.250. The maximum absolute atomic E-state index is 13.0. The molecule has 0 aliphatic rings. The number of aromatic nitrogens is 2. The molecule has 0 atom stereocenters. The predicted molar refractivity (Wildman–Crippen MR) is 107 cm³/mol. The number of amides is 1. The molecule has 0 aliphatic carbocycles. The molecule has 0 saturated heterocycles. The second-order valence-electron chi connectivity index (χ2n) is 6.82. The Morgan fingerprint density at radius 2 is 2.07 bits per heavy atom. The topological polar surface area (TPSA) is 84.2 Å². The number of anilines is 1. The predicted octanol–water partition coefficient (Wildman–Crippen LogP) is 3.97. The molecule has 0 spiro atoms. The number of carbonyl (C=O) groups is 1. The number of aryl methyl sites for hydroxylation is 1. The largest absolute Gasteiger partial charge is 0.506 e. The second-order valence-corrected chi connectivity index (χ2v) is 7.25. The lowest BCUT2D eigenvalue weighted by Crippen LogP contribution is -2.31. The first-order valence-electron chi connectivity index (χ1n) is 8.57. The number of rotatable bonds is 4. The van der Waals surface area contributed by atoms with Gasteiger partial charge in [0.1, 0.15) is 17.1 Å². The molecule has 0 fully saturated rings. The fourth-order valence-corrected chi connectivity index (χ4v) is 3.12. The fourth-order valence-electron chi connectivity index (χ4n) is 2.95. The van der Waals surface area contributed by atoms with Gasteiger partial charge in [-0.15, -0.1) is 0 Å². The summed E-state index contributed by atoms with van der Waals surface area (Å²) in [6, 6.07) is 8.41. The van der Waals surface area contributed by atoms with Gasteiger partial charge in [-0.05, 0) is 42.7 Å². The van der Waals surface area contributed by atoms with Gasteiger partial charge in [-0.25, -0.2) is 4.98 Å². The normalized spacial score (nSPS) is 11.1. The van der Waals surface area contributed by atoms with Crippen LogP contribution in [-0.4, -0.2) is 20.6 Å². The van der Waals surface area contributed by atoms with Crippen molar-refractivity contribution in [3.63, 3.8) is 0 Å². The lowest BCUT2D eigenvalue weighted by atomic mass is 10.1. The van der Waals surface area contributed by atoms with Crippen molar-refractivity contribution in [1.29, 1.82) is 0 Å². The molecular formula is C20H20ClN3O3. The van der Waals surface area contributed by atoms with Gasteiger partial charge in [0.25, 0.3) is 11.5 Å². The van der Waals surface area contributed by atoms with Crippen LogP contribution in [0.3, 0.4) is 0 Å². The third-order valence-corrected chi connectivity index (χ3v) is 4.45. The molecule has 0 bridgehead atoms. The van der Waals surface area contributed by atoms with E-state index in [-0.39, 0.29) is 17.2 Å². The molecule has 1 aromatic carbocycles. The number of hydrogen-bond donors (Lipinski definition) is 2. The summed E-state index contributed by atoms with van der Waals surface area (Å²) in [5.41, 5.74) is 0.399. The van der Waals surface area contributed by atoms with Crippen molar-refractivity contribution in [3.8, 4) is 5.75 Å². The molecule has 2 N–H and O–H groups in total. The number of benzene rings is 1. The summed E-state index contributed by atoms with van der Waals surface area (Å²) in [6.07, 6.45) is 1.54. The van der Waals surface area contributed by atoms with Crippen molar-refractivity contribution >= 4 is 34.2 Å². The summed E-state index contributed by atoms with van der Waals surface area (Å²) >= 11 is 6.06. The molecule has 7 heteroatoms. The minimum Gasteiger partial charge on any atom is -0.506 e. The molecule has 0 saturated carbocycles. The number of aromatic hydroxyl groups is 1. The molecule has 140 valence electrons. The Balaban J connectivity index is 2.21. The Hall–Kier alpha value is -2.86. The first-order valence-corrected chi connectivity index (χ1v) is 8.95. The number of fused-ring (bicyclic) bond motifs is 1.